The SMILES string of the molecule is CCOC(=O)[C@H](Cc1cccc(OC[C@H]2CO2)c1)OC(C)C. The van der Waals surface area contributed by atoms with Crippen LogP contribution in [0.1, 0.15) is 26.3 Å². The van der Waals surface area contributed by atoms with Crippen molar-refractivity contribution in [1.29, 1.82) is 0 Å². The molecule has 0 aromatic heterocycles. The van der Waals surface area contributed by atoms with Crippen LogP contribution in [0.3, 0.4) is 0 Å². The van der Waals surface area contributed by atoms with Crippen molar-refractivity contribution < 1.29 is 23.7 Å². The van der Waals surface area contributed by atoms with E-state index in [0.717, 1.165) is 17.9 Å². The second kappa shape index (κ2) is 8.15. The molecule has 0 unspecified atom stereocenters. The average Bonchev–Trinajstić information content (AvgIpc) is 3.29. The Balaban J connectivity index is 1.97. The minimum absolute atomic E-state index is 0.0409. The zero-order valence-corrected chi connectivity index (χ0v) is 13.4. The van der Waals surface area contributed by atoms with E-state index in [-0.39, 0.29) is 18.2 Å². The Hall–Kier alpha value is -1.59. The van der Waals surface area contributed by atoms with Gasteiger partial charge in [-0.15, -0.1) is 0 Å². The van der Waals surface area contributed by atoms with Crippen LogP contribution in [0.5, 0.6) is 5.75 Å². The molecule has 2 rings (SSSR count). The molecule has 122 valence electrons. The number of carbonyl (C=O) groups excluding carboxylic acids is 1. The van der Waals surface area contributed by atoms with E-state index in [1.165, 1.54) is 0 Å². The standard InChI is InChI=1S/C17H24O5/c1-4-19-17(18)16(22-12(2)3)9-13-6-5-7-14(8-13)20-10-15-11-21-15/h5-8,12,15-16H,4,9-11H2,1-3H3/t15-,16-/m0/s1. The third-order valence-corrected chi connectivity index (χ3v) is 3.14. The molecule has 1 aliphatic heterocycles. The summed E-state index contributed by atoms with van der Waals surface area (Å²) in [5, 5.41) is 0. The van der Waals surface area contributed by atoms with Crippen molar-refractivity contribution in [2.24, 2.45) is 0 Å². The van der Waals surface area contributed by atoms with Crippen LogP contribution < -0.4 is 4.74 Å². The lowest BCUT2D eigenvalue weighted by Gasteiger charge is -2.19. The molecule has 0 bridgehead atoms. The Morgan fingerprint density at radius 3 is 2.82 bits per heavy atom. The highest BCUT2D eigenvalue weighted by Crippen LogP contribution is 2.19. The maximum Gasteiger partial charge on any atom is 0.335 e. The van der Waals surface area contributed by atoms with Gasteiger partial charge in [0, 0.05) is 6.42 Å². The molecule has 1 saturated heterocycles. The summed E-state index contributed by atoms with van der Waals surface area (Å²) in [4.78, 5) is 12.0. The molecule has 1 heterocycles. The van der Waals surface area contributed by atoms with Crippen LogP contribution in [-0.2, 0) is 25.4 Å². The first-order chi connectivity index (χ1) is 10.6. The molecule has 0 amide bonds. The van der Waals surface area contributed by atoms with Crippen molar-refractivity contribution in [3.05, 3.63) is 29.8 Å². The molecule has 1 aliphatic rings. The van der Waals surface area contributed by atoms with Gasteiger partial charge in [-0.25, -0.2) is 4.79 Å². The molecule has 2 atom stereocenters. The van der Waals surface area contributed by atoms with Crippen LogP contribution in [0.15, 0.2) is 24.3 Å². The van der Waals surface area contributed by atoms with Crippen LogP contribution in [-0.4, -0.2) is 44.1 Å². The van der Waals surface area contributed by atoms with E-state index >= 15 is 0 Å². The van der Waals surface area contributed by atoms with Gasteiger partial charge in [-0.1, -0.05) is 12.1 Å². The second-order valence-electron chi connectivity index (χ2n) is 5.54. The molecule has 0 N–H and O–H groups in total. The van der Waals surface area contributed by atoms with Crippen molar-refractivity contribution in [1.82, 2.24) is 0 Å². The highest BCUT2D eigenvalue weighted by Gasteiger charge is 2.24. The molecule has 1 aromatic rings. The number of hydrogen-bond donors (Lipinski definition) is 0. The zero-order valence-electron chi connectivity index (χ0n) is 13.4. The third-order valence-electron chi connectivity index (χ3n) is 3.14. The fourth-order valence-corrected chi connectivity index (χ4v) is 2.08. The summed E-state index contributed by atoms with van der Waals surface area (Å²) in [7, 11) is 0. The number of carbonyl (C=O) groups is 1. The molecule has 5 nitrogen and oxygen atoms in total. The Labute approximate surface area is 131 Å². The van der Waals surface area contributed by atoms with Gasteiger partial charge in [-0.05, 0) is 38.5 Å². The molecule has 1 fully saturated rings. The molecule has 0 aliphatic carbocycles. The van der Waals surface area contributed by atoms with Gasteiger partial charge in [0.2, 0.25) is 0 Å². The molecule has 0 saturated carbocycles. The Morgan fingerprint density at radius 1 is 1.41 bits per heavy atom. The summed E-state index contributed by atoms with van der Waals surface area (Å²) >= 11 is 0. The van der Waals surface area contributed by atoms with Crippen molar-refractivity contribution in [2.75, 3.05) is 19.8 Å². The summed E-state index contributed by atoms with van der Waals surface area (Å²) in [6, 6.07) is 7.69. The van der Waals surface area contributed by atoms with Crippen molar-refractivity contribution >= 4 is 5.97 Å². The normalized spacial score (nSPS) is 18.1. The van der Waals surface area contributed by atoms with Gasteiger partial charge in [0.05, 0.1) is 19.3 Å². The lowest BCUT2D eigenvalue weighted by atomic mass is 10.1. The maximum atomic E-state index is 12.0. The topological polar surface area (TPSA) is 57.3 Å². The van der Waals surface area contributed by atoms with Crippen LogP contribution in [0.4, 0.5) is 0 Å². The summed E-state index contributed by atoms with van der Waals surface area (Å²) in [6.07, 6.45) is 0.0525. The largest absolute Gasteiger partial charge is 0.491 e. The van der Waals surface area contributed by atoms with Crippen LogP contribution >= 0.6 is 0 Å². The zero-order chi connectivity index (χ0) is 15.9. The fourth-order valence-electron chi connectivity index (χ4n) is 2.08. The smallest absolute Gasteiger partial charge is 0.335 e. The molecular weight excluding hydrogens is 284 g/mol. The molecule has 1 aromatic carbocycles. The van der Waals surface area contributed by atoms with Gasteiger partial charge in [0.25, 0.3) is 0 Å². The van der Waals surface area contributed by atoms with E-state index < -0.39 is 6.10 Å². The first kappa shape index (κ1) is 16.8. The highest BCUT2D eigenvalue weighted by atomic mass is 16.6. The lowest BCUT2D eigenvalue weighted by molar-refractivity contribution is -0.159. The number of esters is 1. The minimum Gasteiger partial charge on any atom is -0.491 e. The number of rotatable bonds is 9. The van der Waals surface area contributed by atoms with E-state index in [4.69, 9.17) is 18.9 Å². The Morgan fingerprint density at radius 2 is 2.18 bits per heavy atom. The fraction of sp³-hybridized carbons (Fsp3) is 0.588. The summed E-state index contributed by atoms with van der Waals surface area (Å²) in [6.45, 7) is 7.28. The van der Waals surface area contributed by atoms with E-state index in [1.807, 2.05) is 38.1 Å². The molecule has 5 heteroatoms. The molecule has 0 radical (unpaired) electrons. The first-order valence-electron chi connectivity index (χ1n) is 7.74. The molecule has 22 heavy (non-hydrogen) atoms. The monoisotopic (exact) mass is 308 g/mol. The van der Waals surface area contributed by atoms with E-state index in [2.05, 4.69) is 0 Å². The minimum atomic E-state index is -0.595. The summed E-state index contributed by atoms with van der Waals surface area (Å²) in [5.74, 6) is 0.453. The number of benzene rings is 1. The van der Waals surface area contributed by atoms with Crippen LogP contribution in [0, 0.1) is 0 Å². The first-order valence-corrected chi connectivity index (χ1v) is 7.74. The number of hydrogen-bond acceptors (Lipinski definition) is 5. The number of ether oxygens (including phenoxy) is 4. The van der Waals surface area contributed by atoms with Gasteiger partial charge in [0.1, 0.15) is 18.5 Å². The predicted octanol–water partition coefficient (Wildman–Crippen LogP) is 2.36. The van der Waals surface area contributed by atoms with Gasteiger partial charge in [0.15, 0.2) is 6.10 Å². The van der Waals surface area contributed by atoms with Crippen LogP contribution in [0.25, 0.3) is 0 Å². The van der Waals surface area contributed by atoms with Crippen molar-refractivity contribution in [2.45, 2.75) is 45.5 Å². The average molecular weight is 308 g/mol. The Bertz CT molecular complexity index is 482. The van der Waals surface area contributed by atoms with Crippen molar-refractivity contribution in [3.63, 3.8) is 0 Å². The lowest BCUT2D eigenvalue weighted by Crippen LogP contribution is -2.31. The van der Waals surface area contributed by atoms with Crippen molar-refractivity contribution in [3.8, 4) is 5.75 Å². The van der Waals surface area contributed by atoms with E-state index in [1.54, 1.807) is 6.92 Å². The van der Waals surface area contributed by atoms with Gasteiger partial charge in [-0.3, -0.25) is 0 Å². The highest BCUT2D eigenvalue weighted by molar-refractivity contribution is 5.75. The third kappa shape index (κ3) is 5.66. The second-order valence-corrected chi connectivity index (χ2v) is 5.54. The quantitative estimate of drug-likeness (QED) is 0.518. The van der Waals surface area contributed by atoms with E-state index in [9.17, 15) is 4.79 Å². The Kier molecular flexibility index (Phi) is 6.21. The number of epoxide rings is 1. The summed E-state index contributed by atoms with van der Waals surface area (Å²) in [5.41, 5.74) is 0.980. The molecule has 0 spiro atoms. The van der Waals surface area contributed by atoms with Gasteiger partial charge >= 0.3 is 5.97 Å². The maximum absolute atomic E-state index is 12.0. The van der Waals surface area contributed by atoms with E-state index in [0.29, 0.717) is 19.6 Å². The van der Waals surface area contributed by atoms with Gasteiger partial charge < -0.3 is 18.9 Å². The van der Waals surface area contributed by atoms with Crippen LogP contribution in [0.2, 0.25) is 0 Å². The summed E-state index contributed by atoms with van der Waals surface area (Å²) < 4.78 is 21.5. The predicted molar refractivity (Wildman–Crippen MR) is 82.0 cm³/mol. The molecular formula is C17H24O5. The van der Waals surface area contributed by atoms with Gasteiger partial charge in [-0.2, -0.15) is 0 Å².